The standard InChI is InChI=1S/C15H16N2O3/c18-14(10-1-2-11(7-10)15(19)20)17-12-3-4-13-9(8-12)5-6-16-13/h3-6,8,10-11,16H,1-2,7H2,(H,17,18)(H,19,20)/t10-,11+/m0/s1. The molecule has 1 fully saturated rings. The molecule has 0 radical (unpaired) electrons. The number of hydrogen-bond donors (Lipinski definition) is 3. The van der Waals surface area contributed by atoms with Crippen LogP contribution in [0.2, 0.25) is 0 Å². The van der Waals surface area contributed by atoms with Gasteiger partial charge in [0.2, 0.25) is 5.91 Å². The van der Waals surface area contributed by atoms with Gasteiger partial charge in [-0.25, -0.2) is 0 Å². The van der Waals surface area contributed by atoms with Crippen LogP contribution < -0.4 is 5.32 Å². The first-order valence-corrected chi connectivity index (χ1v) is 6.74. The summed E-state index contributed by atoms with van der Waals surface area (Å²) < 4.78 is 0. The van der Waals surface area contributed by atoms with Gasteiger partial charge in [-0.1, -0.05) is 0 Å². The summed E-state index contributed by atoms with van der Waals surface area (Å²) in [6.07, 6.45) is 3.53. The summed E-state index contributed by atoms with van der Waals surface area (Å²) in [5.74, 6) is -1.45. The van der Waals surface area contributed by atoms with Crippen molar-refractivity contribution in [1.82, 2.24) is 4.98 Å². The Kier molecular flexibility index (Phi) is 3.18. The first kappa shape index (κ1) is 12.7. The van der Waals surface area contributed by atoms with Gasteiger partial charge in [0.25, 0.3) is 0 Å². The average molecular weight is 272 g/mol. The minimum Gasteiger partial charge on any atom is -0.481 e. The maximum absolute atomic E-state index is 12.1. The second kappa shape index (κ2) is 5.00. The second-order valence-corrected chi connectivity index (χ2v) is 5.31. The Morgan fingerprint density at radius 1 is 1.20 bits per heavy atom. The lowest BCUT2D eigenvalue weighted by Crippen LogP contribution is -2.21. The third-order valence-electron chi connectivity index (χ3n) is 3.97. The van der Waals surface area contributed by atoms with Crippen LogP contribution in [0.25, 0.3) is 10.9 Å². The fourth-order valence-corrected chi connectivity index (χ4v) is 2.82. The molecule has 0 aliphatic heterocycles. The molecule has 2 atom stereocenters. The molecular weight excluding hydrogens is 256 g/mol. The lowest BCUT2D eigenvalue weighted by atomic mass is 10.0. The summed E-state index contributed by atoms with van der Waals surface area (Å²) in [6, 6.07) is 7.62. The number of benzene rings is 1. The number of nitrogens with one attached hydrogen (secondary N) is 2. The lowest BCUT2D eigenvalue weighted by Gasteiger charge is -2.11. The van der Waals surface area contributed by atoms with Gasteiger partial charge < -0.3 is 15.4 Å². The van der Waals surface area contributed by atoms with E-state index in [1.807, 2.05) is 30.5 Å². The van der Waals surface area contributed by atoms with E-state index in [2.05, 4.69) is 10.3 Å². The van der Waals surface area contributed by atoms with Gasteiger partial charge in [-0.2, -0.15) is 0 Å². The zero-order chi connectivity index (χ0) is 14.1. The Bertz CT molecular complexity index is 662. The van der Waals surface area contributed by atoms with Crippen molar-refractivity contribution < 1.29 is 14.7 Å². The van der Waals surface area contributed by atoms with Gasteiger partial charge in [-0.15, -0.1) is 0 Å². The van der Waals surface area contributed by atoms with Gasteiger partial charge in [0.05, 0.1) is 5.92 Å². The monoisotopic (exact) mass is 272 g/mol. The molecule has 1 aliphatic rings. The van der Waals surface area contributed by atoms with Gasteiger partial charge in [0.1, 0.15) is 0 Å². The fourth-order valence-electron chi connectivity index (χ4n) is 2.82. The minimum absolute atomic E-state index is 0.0800. The van der Waals surface area contributed by atoms with Crippen LogP contribution in [0.1, 0.15) is 19.3 Å². The van der Waals surface area contributed by atoms with Crippen molar-refractivity contribution in [2.45, 2.75) is 19.3 Å². The Hall–Kier alpha value is -2.30. The lowest BCUT2D eigenvalue weighted by molar-refractivity contribution is -0.141. The molecule has 1 amide bonds. The Balaban J connectivity index is 1.68. The molecule has 1 saturated carbocycles. The highest BCUT2D eigenvalue weighted by atomic mass is 16.4. The summed E-state index contributed by atoms with van der Waals surface area (Å²) in [5, 5.41) is 12.9. The quantitative estimate of drug-likeness (QED) is 0.803. The van der Waals surface area contributed by atoms with Gasteiger partial charge >= 0.3 is 5.97 Å². The van der Waals surface area contributed by atoms with Crippen molar-refractivity contribution in [3.63, 3.8) is 0 Å². The molecule has 0 spiro atoms. The number of aromatic nitrogens is 1. The maximum Gasteiger partial charge on any atom is 0.306 e. The molecular formula is C15H16N2O3. The predicted octanol–water partition coefficient (Wildman–Crippen LogP) is 2.61. The molecule has 3 rings (SSSR count). The van der Waals surface area contributed by atoms with E-state index >= 15 is 0 Å². The first-order valence-electron chi connectivity index (χ1n) is 6.74. The smallest absolute Gasteiger partial charge is 0.306 e. The highest BCUT2D eigenvalue weighted by Crippen LogP contribution is 2.32. The van der Waals surface area contributed by atoms with E-state index in [-0.39, 0.29) is 17.7 Å². The second-order valence-electron chi connectivity index (χ2n) is 5.31. The van der Waals surface area contributed by atoms with Crippen LogP contribution >= 0.6 is 0 Å². The summed E-state index contributed by atoms with van der Waals surface area (Å²) in [7, 11) is 0. The van der Waals surface area contributed by atoms with Crippen LogP contribution in [0.3, 0.4) is 0 Å². The third-order valence-corrected chi connectivity index (χ3v) is 3.97. The Morgan fingerprint density at radius 3 is 2.75 bits per heavy atom. The van der Waals surface area contributed by atoms with Crippen molar-refractivity contribution in [1.29, 1.82) is 0 Å². The van der Waals surface area contributed by atoms with E-state index in [1.165, 1.54) is 0 Å². The van der Waals surface area contributed by atoms with E-state index in [0.717, 1.165) is 16.6 Å². The molecule has 20 heavy (non-hydrogen) atoms. The number of hydrogen-bond acceptors (Lipinski definition) is 2. The summed E-state index contributed by atoms with van der Waals surface area (Å²) in [6.45, 7) is 0. The van der Waals surface area contributed by atoms with E-state index < -0.39 is 5.97 Å². The minimum atomic E-state index is -0.797. The first-order chi connectivity index (χ1) is 9.63. The van der Waals surface area contributed by atoms with E-state index in [9.17, 15) is 9.59 Å². The average Bonchev–Trinajstić information content (AvgIpc) is 3.07. The third kappa shape index (κ3) is 2.39. The van der Waals surface area contributed by atoms with Crippen LogP contribution in [-0.4, -0.2) is 22.0 Å². The topological polar surface area (TPSA) is 82.2 Å². The number of aliphatic carboxylic acids is 1. The van der Waals surface area contributed by atoms with Crippen LogP contribution in [0.4, 0.5) is 5.69 Å². The molecule has 1 heterocycles. The Labute approximate surface area is 116 Å². The molecule has 1 aliphatic carbocycles. The molecule has 1 aromatic carbocycles. The van der Waals surface area contributed by atoms with Crippen molar-refractivity contribution in [3.8, 4) is 0 Å². The largest absolute Gasteiger partial charge is 0.481 e. The maximum atomic E-state index is 12.1. The number of carboxylic acids is 1. The SMILES string of the molecule is O=C(O)[C@@H]1CC[C@H](C(=O)Nc2ccc3[nH]ccc3c2)C1. The number of fused-ring (bicyclic) bond motifs is 1. The summed E-state index contributed by atoms with van der Waals surface area (Å²) in [4.78, 5) is 26.2. The zero-order valence-corrected chi connectivity index (χ0v) is 10.9. The van der Waals surface area contributed by atoms with Gasteiger partial charge in [0, 0.05) is 28.7 Å². The zero-order valence-electron chi connectivity index (χ0n) is 10.9. The summed E-state index contributed by atoms with van der Waals surface area (Å²) in [5.41, 5.74) is 1.77. The van der Waals surface area contributed by atoms with Crippen molar-refractivity contribution in [2.75, 3.05) is 5.32 Å². The number of carboxylic acid groups (broad SMARTS) is 1. The van der Waals surface area contributed by atoms with Gasteiger partial charge in [-0.3, -0.25) is 9.59 Å². The number of anilines is 1. The van der Waals surface area contributed by atoms with Crippen molar-refractivity contribution in [3.05, 3.63) is 30.5 Å². The number of rotatable bonds is 3. The number of carbonyl (C=O) groups is 2. The van der Waals surface area contributed by atoms with E-state index in [4.69, 9.17) is 5.11 Å². The Morgan fingerprint density at radius 2 is 2.00 bits per heavy atom. The number of H-pyrrole nitrogens is 1. The number of aromatic amines is 1. The van der Waals surface area contributed by atoms with Crippen molar-refractivity contribution >= 4 is 28.5 Å². The summed E-state index contributed by atoms with van der Waals surface area (Å²) >= 11 is 0. The van der Waals surface area contributed by atoms with E-state index in [1.54, 1.807) is 0 Å². The molecule has 0 bridgehead atoms. The molecule has 104 valence electrons. The number of carbonyl (C=O) groups excluding carboxylic acids is 1. The van der Waals surface area contributed by atoms with Crippen molar-refractivity contribution in [2.24, 2.45) is 11.8 Å². The van der Waals surface area contributed by atoms with E-state index in [0.29, 0.717) is 19.3 Å². The van der Waals surface area contributed by atoms with Gasteiger partial charge in [0.15, 0.2) is 0 Å². The predicted molar refractivity (Wildman–Crippen MR) is 75.4 cm³/mol. The van der Waals surface area contributed by atoms with Crippen LogP contribution in [-0.2, 0) is 9.59 Å². The number of amides is 1. The molecule has 5 nitrogen and oxygen atoms in total. The van der Waals surface area contributed by atoms with Crippen LogP contribution in [0.15, 0.2) is 30.5 Å². The van der Waals surface area contributed by atoms with Crippen LogP contribution in [0.5, 0.6) is 0 Å². The van der Waals surface area contributed by atoms with Crippen LogP contribution in [0, 0.1) is 11.8 Å². The molecule has 0 saturated heterocycles. The fraction of sp³-hybridized carbons (Fsp3) is 0.333. The molecule has 5 heteroatoms. The molecule has 3 N–H and O–H groups in total. The normalized spacial score (nSPS) is 22.0. The molecule has 1 aromatic heterocycles. The molecule has 0 unspecified atom stereocenters. The highest BCUT2D eigenvalue weighted by molar-refractivity contribution is 5.95. The molecule has 2 aromatic rings. The van der Waals surface area contributed by atoms with Gasteiger partial charge in [-0.05, 0) is 43.5 Å². The highest BCUT2D eigenvalue weighted by Gasteiger charge is 2.33.